The second-order valence-electron chi connectivity index (χ2n) is 7.05. The Hall–Kier alpha value is -1.84. The van der Waals surface area contributed by atoms with E-state index in [0.29, 0.717) is 25.4 Å². The van der Waals surface area contributed by atoms with E-state index in [4.69, 9.17) is 0 Å². The van der Waals surface area contributed by atoms with E-state index in [0.717, 1.165) is 13.0 Å². The summed E-state index contributed by atoms with van der Waals surface area (Å²) in [6.45, 7) is 2.00. The molecule has 1 N–H and O–H groups in total. The van der Waals surface area contributed by atoms with Gasteiger partial charge in [-0.3, -0.25) is 9.59 Å². The van der Waals surface area contributed by atoms with Gasteiger partial charge in [-0.15, -0.1) is 0 Å². The van der Waals surface area contributed by atoms with Gasteiger partial charge in [0.15, 0.2) is 0 Å². The van der Waals surface area contributed by atoms with Crippen molar-refractivity contribution < 1.29 is 9.59 Å². The largest absolute Gasteiger partial charge is 0.356 e. The molecule has 0 bridgehead atoms. The van der Waals surface area contributed by atoms with Gasteiger partial charge < -0.3 is 10.2 Å². The van der Waals surface area contributed by atoms with Gasteiger partial charge in [-0.2, -0.15) is 0 Å². The van der Waals surface area contributed by atoms with E-state index in [1.54, 1.807) is 0 Å². The van der Waals surface area contributed by atoms with Crippen molar-refractivity contribution in [2.24, 2.45) is 11.3 Å². The van der Waals surface area contributed by atoms with Gasteiger partial charge >= 0.3 is 0 Å². The van der Waals surface area contributed by atoms with Crippen LogP contribution in [0, 0.1) is 11.3 Å². The summed E-state index contributed by atoms with van der Waals surface area (Å²) in [6.07, 6.45) is 3.87. The zero-order chi connectivity index (χ0) is 15.2. The highest BCUT2D eigenvalue weighted by Gasteiger charge is 2.55. The van der Waals surface area contributed by atoms with Crippen LogP contribution in [0.2, 0.25) is 0 Å². The lowest BCUT2D eigenvalue weighted by atomic mass is 9.73. The number of rotatable bonds is 3. The number of nitrogens with zero attached hydrogens (tertiary/aromatic N) is 1. The van der Waals surface area contributed by atoms with Gasteiger partial charge in [-0.25, -0.2) is 0 Å². The number of benzene rings is 1. The molecule has 1 saturated carbocycles. The van der Waals surface area contributed by atoms with Gasteiger partial charge in [0.05, 0.1) is 5.41 Å². The molecule has 4 nitrogen and oxygen atoms in total. The molecular formula is C18H22N2O2. The van der Waals surface area contributed by atoms with Gasteiger partial charge in [-0.05, 0) is 30.7 Å². The molecule has 22 heavy (non-hydrogen) atoms. The molecule has 2 amide bonds. The summed E-state index contributed by atoms with van der Waals surface area (Å²) >= 11 is 0. The zero-order valence-electron chi connectivity index (χ0n) is 12.8. The van der Waals surface area contributed by atoms with Gasteiger partial charge in [0.2, 0.25) is 11.8 Å². The number of amides is 2. The van der Waals surface area contributed by atoms with Crippen LogP contribution in [0.15, 0.2) is 30.3 Å². The molecule has 1 aliphatic carbocycles. The molecule has 2 atom stereocenters. The number of nitrogens with one attached hydrogen (secondary N) is 1. The van der Waals surface area contributed by atoms with Crippen LogP contribution in [-0.4, -0.2) is 36.3 Å². The molecule has 3 aliphatic rings. The Kier molecular flexibility index (Phi) is 3.21. The van der Waals surface area contributed by atoms with Gasteiger partial charge in [-0.1, -0.05) is 30.3 Å². The summed E-state index contributed by atoms with van der Waals surface area (Å²) in [4.78, 5) is 27.0. The lowest BCUT2D eigenvalue weighted by Gasteiger charge is -2.27. The van der Waals surface area contributed by atoms with E-state index < -0.39 is 5.41 Å². The topological polar surface area (TPSA) is 49.4 Å². The number of carbonyl (C=O) groups is 2. The second-order valence-corrected chi connectivity index (χ2v) is 7.05. The van der Waals surface area contributed by atoms with Crippen LogP contribution in [0.25, 0.3) is 0 Å². The summed E-state index contributed by atoms with van der Waals surface area (Å²) in [5.41, 5.74) is 0.766. The van der Waals surface area contributed by atoms with E-state index in [9.17, 15) is 9.59 Å². The molecule has 116 valence electrons. The summed E-state index contributed by atoms with van der Waals surface area (Å²) in [5.74, 6) is 1.08. The first-order valence-electron chi connectivity index (χ1n) is 8.30. The number of likely N-dealkylation sites (tertiary alicyclic amines) is 1. The highest BCUT2D eigenvalue weighted by Crippen LogP contribution is 2.48. The standard InChI is InChI=1S/C18H22N2O2/c21-16(10-13-6-7-13)20-11-15(14-4-2-1-3-5-14)18(12-20)8-9-19-17(18)22/h1-5,13,15H,6-12H2,(H,19,22)/t15-,18+/m0/s1. The van der Waals surface area contributed by atoms with Crippen LogP contribution in [0.1, 0.15) is 37.2 Å². The highest BCUT2D eigenvalue weighted by atomic mass is 16.2. The van der Waals surface area contributed by atoms with Crippen molar-refractivity contribution >= 4 is 11.8 Å². The third-order valence-electron chi connectivity index (χ3n) is 5.57. The molecule has 4 heteroatoms. The summed E-state index contributed by atoms with van der Waals surface area (Å²) < 4.78 is 0. The van der Waals surface area contributed by atoms with Crippen molar-refractivity contribution in [3.05, 3.63) is 35.9 Å². The molecule has 1 aromatic rings. The van der Waals surface area contributed by atoms with Crippen molar-refractivity contribution in [2.45, 2.75) is 31.6 Å². The summed E-state index contributed by atoms with van der Waals surface area (Å²) in [7, 11) is 0. The maximum absolute atomic E-state index is 12.5. The molecule has 1 spiro atoms. The molecule has 2 heterocycles. The second kappa shape index (κ2) is 5.11. The third kappa shape index (κ3) is 2.21. The Morgan fingerprint density at radius 1 is 1.27 bits per heavy atom. The smallest absolute Gasteiger partial charge is 0.228 e. The maximum Gasteiger partial charge on any atom is 0.228 e. The first-order valence-corrected chi connectivity index (χ1v) is 8.30. The fourth-order valence-electron chi connectivity index (χ4n) is 4.08. The Labute approximate surface area is 130 Å². The van der Waals surface area contributed by atoms with Crippen molar-refractivity contribution in [1.29, 1.82) is 0 Å². The van der Waals surface area contributed by atoms with Crippen molar-refractivity contribution in [3.63, 3.8) is 0 Å². The zero-order valence-corrected chi connectivity index (χ0v) is 12.8. The van der Waals surface area contributed by atoms with E-state index >= 15 is 0 Å². The predicted octanol–water partition coefficient (Wildman–Crippen LogP) is 1.92. The quantitative estimate of drug-likeness (QED) is 0.927. The average molecular weight is 298 g/mol. The Morgan fingerprint density at radius 3 is 2.68 bits per heavy atom. The molecule has 2 aliphatic heterocycles. The minimum Gasteiger partial charge on any atom is -0.356 e. The van der Waals surface area contributed by atoms with Crippen LogP contribution in [0.3, 0.4) is 0 Å². The Balaban J connectivity index is 1.62. The van der Waals surface area contributed by atoms with Crippen LogP contribution in [0.5, 0.6) is 0 Å². The number of hydrogen-bond donors (Lipinski definition) is 1. The van der Waals surface area contributed by atoms with Gasteiger partial charge in [0, 0.05) is 32.0 Å². The molecule has 1 aromatic carbocycles. The third-order valence-corrected chi connectivity index (χ3v) is 5.57. The minimum atomic E-state index is -0.416. The van der Waals surface area contributed by atoms with Crippen LogP contribution >= 0.6 is 0 Å². The van der Waals surface area contributed by atoms with E-state index in [2.05, 4.69) is 17.4 Å². The van der Waals surface area contributed by atoms with Gasteiger partial charge in [0.1, 0.15) is 0 Å². The van der Waals surface area contributed by atoms with Crippen molar-refractivity contribution in [1.82, 2.24) is 10.2 Å². The average Bonchev–Trinajstić information content (AvgIpc) is 3.15. The molecule has 0 aromatic heterocycles. The first-order chi connectivity index (χ1) is 10.7. The first kappa shape index (κ1) is 13.8. The maximum atomic E-state index is 12.5. The van der Waals surface area contributed by atoms with Crippen molar-refractivity contribution in [2.75, 3.05) is 19.6 Å². The molecule has 0 radical (unpaired) electrons. The number of carbonyl (C=O) groups excluding carboxylic acids is 2. The fraction of sp³-hybridized carbons (Fsp3) is 0.556. The fourth-order valence-corrected chi connectivity index (χ4v) is 4.08. The Morgan fingerprint density at radius 2 is 2.05 bits per heavy atom. The van der Waals surface area contributed by atoms with E-state index in [-0.39, 0.29) is 17.7 Å². The normalized spacial score (nSPS) is 30.8. The summed E-state index contributed by atoms with van der Waals surface area (Å²) in [6, 6.07) is 10.2. The van der Waals surface area contributed by atoms with Crippen LogP contribution < -0.4 is 5.32 Å². The predicted molar refractivity (Wildman–Crippen MR) is 83.2 cm³/mol. The lowest BCUT2D eigenvalue weighted by molar-refractivity contribution is -0.132. The minimum absolute atomic E-state index is 0.124. The lowest BCUT2D eigenvalue weighted by Crippen LogP contribution is -2.38. The summed E-state index contributed by atoms with van der Waals surface area (Å²) in [5, 5.41) is 2.99. The van der Waals surface area contributed by atoms with Crippen LogP contribution in [0.4, 0.5) is 0 Å². The SMILES string of the molecule is O=C(CC1CC1)N1C[C@@H](c2ccccc2)[C@@]2(CCNC2=O)C1. The molecular weight excluding hydrogens is 276 g/mol. The number of hydrogen-bond acceptors (Lipinski definition) is 2. The molecule has 3 fully saturated rings. The highest BCUT2D eigenvalue weighted by molar-refractivity contribution is 5.88. The monoisotopic (exact) mass is 298 g/mol. The molecule has 4 rings (SSSR count). The van der Waals surface area contributed by atoms with E-state index in [1.165, 1.54) is 18.4 Å². The van der Waals surface area contributed by atoms with Gasteiger partial charge in [0.25, 0.3) is 0 Å². The molecule has 0 unspecified atom stereocenters. The molecule has 2 saturated heterocycles. The van der Waals surface area contributed by atoms with Crippen LogP contribution in [-0.2, 0) is 9.59 Å². The van der Waals surface area contributed by atoms with Crippen molar-refractivity contribution in [3.8, 4) is 0 Å². The Bertz CT molecular complexity index is 596. The van der Waals surface area contributed by atoms with E-state index in [1.807, 2.05) is 23.1 Å².